The number of carbonyl (C=O) groups is 6. The van der Waals surface area contributed by atoms with Gasteiger partial charge in [0.2, 0.25) is 11.8 Å². The number of carbonyl (C=O) groups excluding carboxylic acids is 6. The van der Waals surface area contributed by atoms with Gasteiger partial charge in [0.1, 0.15) is 6.04 Å². The molecule has 0 aromatic carbocycles. The molecule has 0 unspecified atom stereocenters. The van der Waals surface area contributed by atoms with Gasteiger partial charge in [0.05, 0.1) is 6.04 Å². The van der Waals surface area contributed by atoms with Gasteiger partial charge in [-0.25, -0.2) is 4.79 Å². The van der Waals surface area contributed by atoms with E-state index in [9.17, 15) is 41.7 Å². The summed E-state index contributed by atoms with van der Waals surface area (Å²) in [6.45, 7) is 4.11. The highest BCUT2D eigenvalue weighted by Gasteiger charge is 2.36. The quantitative estimate of drug-likeness (QED) is 0.0996. The zero-order valence-electron chi connectivity index (χ0n) is 19.6. The summed E-state index contributed by atoms with van der Waals surface area (Å²) >= 11 is 0. The summed E-state index contributed by atoms with van der Waals surface area (Å²) in [5, 5.41) is 5.06. The molecule has 0 radical (unpaired) electrons. The van der Waals surface area contributed by atoms with E-state index in [4.69, 9.17) is 5.73 Å². The molecule has 0 saturated carbocycles. The molecule has 1 rings (SSSR count). The molecule has 6 amide bonds. The lowest BCUT2D eigenvalue weighted by Crippen LogP contribution is -2.56. The van der Waals surface area contributed by atoms with Crippen molar-refractivity contribution in [2.24, 2.45) is 11.7 Å². The Bertz CT molecular complexity index is 975. The number of hydrogen-bond acceptors (Lipinski definition) is 8. The molecule has 6 N–H and O–H groups in total. The molecule has 35 heavy (non-hydrogen) atoms. The number of urea groups is 1. The van der Waals surface area contributed by atoms with Crippen molar-refractivity contribution >= 4 is 45.6 Å². The average molecular weight is 518 g/mol. The second-order valence-electron chi connectivity index (χ2n) is 8.29. The maximum absolute atomic E-state index is 12.8. The van der Waals surface area contributed by atoms with Gasteiger partial charge in [-0.15, -0.1) is 0 Å². The molecule has 0 bridgehead atoms. The van der Waals surface area contributed by atoms with E-state index in [1.807, 2.05) is 0 Å². The molecule has 1 aliphatic rings. The second-order valence-corrected chi connectivity index (χ2v) is 9.89. The minimum atomic E-state index is -4.96. The van der Waals surface area contributed by atoms with Crippen LogP contribution in [0.4, 0.5) is 4.79 Å². The summed E-state index contributed by atoms with van der Waals surface area (Å²) in [5.74, 6) is -4.28. The van der Waals surface area contributed by atoms with E-state index in [1.54, 1.807) is 13.8 Å². The number of nitrogens with two attached hydrogens (primary N) is 1. The van der Waals surface area contributed by atoms with Gasteiger partial charge in [0.25, 0.3) is 21.9 Å². The van der Waals surface area contributed by atoms with Crippen LogP contribution >= 0.6 is 0 Å². The van der Waals surface area contributed by atoms with Crippen LogP contribution in [-0.4, -0.2) is 83.7 Å². The van der Waals surface area contributed by atoms with Crippen molar-refractivity contribution in [3.8, 4) is 0 Å². The van der Waals surface area contributed by atoms with Crippen molar-refractivity contribution in [3.05, 3.63) is 12.2 Å². The van der Waals surface area contributed by atoms with Crippen LogP contribution in [0.5, 0.6) is 0 Å². The summed E-state index contributed by atoms with van der Waals surface area (Å²) in [7, 11) is -4.96. The van der Waals surface area contributed by atoms with E-state index >= 15 is 0 Å². The molecular formula is C20H31N5O9S. The molecule has 14 nitrogen and oxygen atoms in total. The minimum Gasteiger partial charge on any atom is -0.352 e. The molecule has 196 valence electrons. The highest BCUT2D eigenvalue weighted by Crippen LogP contribution is 2.12. The first-order valence-electron chi connectivity index (χ1n) is 10.8. The third kappa shape index (κ3) is 9.44. The van der Waals surface area contributed by atoms with Gasteiger partial charge in [-0.3, -0.25) is 33.4 Å². The first-order valence-corrected chi connectivity index (χ1v) is 12.3. The largest absolute Gasteiger partial charge is 0.352 e. The van der Waals surface area contributed by atoms with Crippen molar-refractivity contribution in [1.82, 2.24) is 20.9 Å². The zero-order valence-corrected chi connectivity index (χ0v) is 20.5. The van der Waals surface area contributed by atoms with Gasteiger partial charge in [-0.05, 0) is 32.1 Å². The number of nitrogens with one attached hydrogen (secondary N) is 3. The van der Waals surface area contributed by atoms with Crippen LogP contribution in [0.2, 0.25) is 0 Å². The summed E-state index contributed by atoms with van der Waals surface area (Å²) < 4.78 is 33.2. The van der Waals surface area contributed by atoms with Crippen molar-refractivity contribution in [1.29, 1.82) is 0 Å². The van der Waals surface area contributed by atoms with Crippen LogP contribution in [-0.2, 0) is 34.1 Å². The molecule has 1 heterocycles. The number of amides is 6. The number of primary amides is 1. The van der Waals surface area contributed by atoms with Crippen molar-refractivity contribution in [2.45, 2.75) is 57.4 Å². The van der Waals surface area contributed by atoms with Gasteiger partial charge in [0.15, 0.2) is 11.0 Å². The number of hydrogen-bond donors (Lipinski definition) is 5. The number of imide groups is 1. The fourth-order valence-electron chi connectivity index (χ4n) is 3.25. The molecule has 3 atom stereocenters. The summed E-state index contributed by atoms with van der Waals surface area (Å²) in [5.41, 5.74) is 4.97. The Morgan fingerprint density at radius 1 is 1.03 bits per heavy atom. The summed E-state index contributed by atoms with van der Waals surface area (Å²) in [6.07, 6.45) is 1.86. The normalized spacial score (nSPS) is 16.1. The zero-order chi connectivity index (χ0) is 26.9. The van der Waals surface area contributed by atoms with Crippen LogP contribution in [0.25, 0.3) is 0 Å². The minimum absolute atomic E-state index is 0.166. The van der Waals surface area contributed by atoms with E-state index in [0.717, 1.165) is 12.2 Å². The predicted octanol–water partition coefficient (Wildman–Crippen LogP) is -1.78. The van der Waals surface area contributed by atoms with Crippen LogP contribution < -0.4 is 21.7 Å². The van der Waals surface area contributed by atoms with Crippen LogP contribution in [0.3, 0.4) is 0 Å². The molecule has 0 fully saturated rings. The SMILES string of the molecule is CC(=O)[C@H](CCCNC(N)=O)NC(=O)[C@@H](NC(=O)[C@@H](CCN1C(=O)C=CC1=O)S(=O)(=O)O)C(C)C. The molecule has 0 aliphatic carbocycles. The standard InChI is InChI=1S/C20H31N5O9S/c1-11(2)17(19(30)23-13(12(3)26)5-4-9-22-20(21)31)24-18(29)14(35(32,33)34)8-10-25-15(27)6-7-16(25)28/h6-7,11,13-14,17H,4-5,8-10H2,1-3H3,(H,23,30)(H,24,29)(H3,21,22,31)(H,32,33,34)/t13-,14+,17-/m0/s1. The topological polar surface area (TPSA) is 222 Å². The molecule has 0 spiro atoms. The number of nitrogens with zero attached hydrogens (tertiary/aromatic N) is 1. The summed E-state index contributed by atoms with van der Waals surface area (Å²) in [4.78, 5) is 72.2. The Hall–Kier alpha value is -3.33. The first kappa shape index (κ1) is 29.7. The van der Waals surface area contributed by atoms with E-state index in [-0.39, 0.29) is 18.7 Å². The third-order valence-electron chi connectivity index (χ3n) is 5.19. The van der Waals surface area contributed by atoms with Crippen molar-refractivity contribution in [2.75, 3.05) is 13.1 Å². The number of ketones is 1. The maximum Gasteiger partial charge on any atom is 0.312 e. The predicted molar refractivity (Wildman–Crippen MR) is 122 cm³/mol. The number of rotatable bonds is 14. The van der Waals surface area contributed by atoms with Crippen LogP contribution in [0, 0.1) is 5.92 Å². The van der Waals surface area contributed by atoms with Crippen molar-refractivity contribution in [3.63, 3.8) is 0 Å². The molecule has 1 aliphatic heterocycles. The molecular weight excluding hydrogens is 486 g/mol. The third-order valence-corrected chi connectivity index (χ3v) is 6.36. The summed E-state index contributed by atoms with van der Waals surface area (Å²) in [6, 6.07) is -2.94. The average Bonchev–Trinajstić information content (AvgIpc) is 3.04. The molecule has 0 saturated heterocycles. The maximum atomic E-state index is 12.8. The Kier molecular flexibility index (Phi) is 11.0. The Balaban J connectivity index is 2.88. The van der Waals surface area contributed by atoms with E-state index in [2.05, 4.69) is 16.0 Å². The number of Topliss-reactive ketones (excluding diaryl/α,β-unsaturated/α-hetero) is 1. The van der Waals surface area contributed by atoms with Gasteiger partial charge in [-0.1, -0.05) is 13.8 Å². The van der Waals surface area contributed by atoms with Crippen LogP contribution in [0.15, 0.2) is 12.2 Å². The van der Waals surface area contributed by atoms with E-state index < -0.39 is 76.0 Å². The highest BCUT2D eigenvalue weighted by atomic mass is 32.2. The molecule has 15 heteroatoms. The van der Waals surface area contributed by atoms with E-state index in [0.29, 0.717) is 11.3 Å². The molecule has 0 aromatic heterocycles. The fourth-order valence-corrected chi connectivity index (χ4v) is 3.99. The highest BCUT2D eigenvalue weighted by molar-refractivity contribution is 7.87. The van der Waals surface area contributed by atoms with Gasteiger partial charge in [-0.2, -0.15) is 8.42 Å². The Morgan fingerprint density at radius 3 is 2.06 bits per heavy atom. The van der Waals surface area contributed by atoms with E-state index in [1.165, 1.54) is 6.92 Å². The second kappa shape index (κ2) is 12.9. The monoisotopic (exact) mass is 517 g/mol. The fraction of sp³-hybridized carbons (Fsp3) is 0.600. The lowest BCUT2D eigenvalue weighted by molar-refractivity contribution is -0.137. The lowest BCUT2D eigenvalue weighted by atomic mass is 10.0. The first-order chi connectivity index (χ1) is 16.1. The smallest absolute Gasteiger partial charge is 0.312 e. The Morgan fingerprint density at radius 2 is 1.60 bits per heavy atom. The van der Waals surface area contributed by atoms with Gasteiger partial charge in [0, 0.05) is 25.2 Å². The lowest BCUT2D eigenvalue weighted by Gasteiger charge is -2.26. The molecule has 0 aromatic rings. The van der Waals surface area contributed by atoms with Gasteiger partial charge < -0.3 is 21.7 Å². The van der Waals surface area contributed by atoms with Crippen LogP contribution in [0.1, 0.15) is 40.0 Å². The van der Waals surface area contributed by atoms with Gasteiger partial charge >= 0.3 is 6.03 Å². The Labute approximate surface area is 202 Å². The van der Waals surface area contributed by atoms with Crippen molar-refractivity contribution < 1.29 is 41.7 Å².